The third-order valence-corrected chi connectivity index (χ3v) is 2.08. The van der Waals surface area contributed by atoms with Crippen LogP contribution < -0.4 is 5.73 Å². The molecule has 2 nitrogen and oxygen atoms in total. The van der Waals surface area contributed by atoms with Gasteiger partial charge in [-0.25, -0.2) is 0 Å². The molecule has 0 fully saturated rings. The summed E-state index contributed by atoms with van der Waals surface area (Å²) in [6.07, 6.45) is 10.8. The minimum atomic E-state index is -0.286. The second-order valence-corrected chi connectivity index (χ2v) is 3.41. The lowest BCUT2D eigenvalue weighted by atomic mass is 10.1. The minimum absolute atomic E-state index is 0.286. The lowest BCUT2D eigenvalue weighted by Crippen LogP contribution is -2.19. The van der Waals surface area contributed by atoms with Crippen molar-refractivity contribution in [3.05, 3.63) is 12.2 Å². The molecule has 0 bridgehead atoms. The number of aliphatic hydroxyl groups excluding tert-OH is 1. The zero-order valence-corrected chi connectivity index (χ0v) is 8.71. The van der Waals surface area contributed by atoms with Gasteiger partial charge in [-0.3, -0.25) is 0 Å². The van der Waals surface area contributed by atoms with Crippen LogP contribution in [0.25, 0.3) is 0 Å². The van der Waals surface area contributed by atoms with Crippen molar-refractivity contribution in [1.82, 2.24) is 0 Å². The summed E-state index contributed by atoms with van der Waals surface area (Å²) in [5.41, 5.74) is 5.29. The van der Waals surface area contributed by atoms with Crippen LogP contribution in [0.5, 0.6) is 0 Å². The van der Waals surface area contributed by atoms with E-state index in [1.165, 1.54) is 19.3 Å². The number of unbranched alkanes of at least 4 members (excludes halogenated alkanes) is 3. The Morgan fingerprint density at radius 1 is 1.23 bits per heavy atom. The van der Waals surface area contributed by atoms with Gasteiger partial charge in [-0.1, -0.05) is 31.9 Å². The summed E-state index contributed by atoms with van der Waals surface area (Å²) in [6, 6.07) is 0. The molecule has 0 aliphatic rings. The second kappa shape index (κ2) is 9.75. The SMILES string of the molecule is CC/C=C/CCCCCC(O)CN. The molecule has 0 amide bonds. The molecule has 1 unspecified atom stereocenters. The lowest BCUT2D eigenvalue weighted by molar-refractivity contribution is 0.169. The first-order chi connectivity index (χ1) is 6.31. The highest BCUT2D eigenvalue weighted by molar-refractivity contribution is 4.79. The van der Waals surface area contributed by atoms with Gasteiger partial charge in [0.05, 0.1) is 6.10 Å². The molecule has 0 heterocycles. The van der Waals surface area contributed by atoms with Crippen LogP contribution in [0.3, 0.4) is 0 Å². The molecule has 0 rings (SSSR count). The lowest BCUT2D eigenvalue weighted by Gasteiger charge is -2.05. The van der Waals surface area contributed by atoms with Crippen LogP contribution in [-0.4, -0.2) is 17.8 Å². The van der Waals surface area contributed by atoms with Crippen molar-refractivity contribution >= 4 is 0 Å². The van der Waals surface area contributed by atoms with Crippen LogP contribution in [-0.2, 0) is 0 Å². The molecule has 0 aromatic carbocycles. The van der Waals surface area contributed by atoms with Gasteiger partial charge in [0.25, 0.3) is 0 Å². The normalized spacial score (nSPS) is 13.8. The second-order valence-electron chi connectivity index (χ2n) is 3.41. The molecule has 0 aliphatic heterocycles. The first-order valence-electron chi connectivity index (χ1n) is 5.34. The van der Waals surface area contributed by atoms with E-state index >= 15 is 0 Å². The number of nitrogens with two attached hydrogens (primary N) is 1. The summed E-state index contributed by atoms with van der Waals surface area (Å²) in [4.78, 5) is 0. The Morgan fingerprint density at radius 2 is 2.00 bits per heavy atom. The molecule has 0 spiro atoms. The summed E-state index contributed by atoms with van der Waals surface area (Å²) in [5.74, 6) is 0. The van der Waals surface area contributed by atoms with Gasteiger partial charge in [0.15, 0.2) is 0 Å². The molecular formula is C11H23NO. The van der Waals surface area contributed by atoms with E-state index in [2.05, 4.69) is 19.1 Å². The van der Waals surface area contributed by atoms with Crippen LogP contribution >= 0.6 is 0 Å². The average Bonchev–Trinajstić information content (AvgIpc) is 2.16. The van der Waals surface area contributed by atoms with Crippen LogP contribution in [0.2, 0.25) is 0 Å². The Balaban J connectivity index is 3.03. The molecular weight excluding hydrogens is 162 g/mol. The van der Waals surface area contributed by atoms with E-state index in [0.717, 1.165) is 19.3 Å². The smallest absolute Gasteiger partial charge is 0.0662 e. The maximum Gasteiger partial charge on any atom is 0.0662 e. The maximum atomic E-state index is 9.16. The van der Waals surface area contributed by atoms with Crippen LogP contribution in [0.4, 0.5) is 0 Å². The van der Waals surface area contributed by atoms with Gasteiger partial charge in [0.1, 0.15) is 0 Å². The summed E-state index contributed by atoms with van der Waals surface area (Å²) in [7, 11) is 0. The summed E-state index contributed by atoms with van der Waals surface area (Å²) < 4.78 is 0. The summed E-state index contributed by atoms with van der Waals surface area (Å²) in [5, 5.41) is 9.16. The van der Waals surface area contributed by atoms with Gasteiger partial charge in [0.2, 0.25) is 0 Å². The van der Waals surface area contributed by atoms with Gasteiger partial charge in [-0.05, 0) is 25.7 Å². The highest BCUT2D eigenvalue weighted by atomic mass is 16.3. The topological polar surface area (TPSA) is 46.2 Å². The fourth-order valence-corrected chi connectivity index (χ4v) is 1.22. The van der Waals surface area contributed by atoms with E-state index < -0.39 is 0 Å². The van der Waals surface area contributed by atoms with Crippen molar-refractivity contribution in [1.29, 1.82) is 0 Å². The van der Waals surface area contributed by atoms with Gasteiger partial charge in [0, 0.05) is 6.54 Å². The van der Waals surface area contributed by atoms with E-state index in [0.29, 0.717) is 6.54 Å². The zero-order chi connectivity index (χ0) is 9.94. The quantitative estimate of drug-likeness (QED) is 0.450. The Bertz CT molecular complexity index is 123. The zero-order valence-electron chi connectivity index (χ0n) is 8.71. The van der Waals surface area contributed by atoms with Crippen molar-refractivity contribution < 1.29 is 5.11 Å². The number of hydrogen-bond acceptors (Lipinski definition) is 2. The van der Waals surface area contributed by atoms with Crippen LogP contribution in [0, 0.1) is 0 Å². The summed E-state index contributed by atoms with van der Waals surface area (Å²) >= 11 is 0. The van der Waals surface area contributed by atoms with Crippen molar-refractivity contribution in [2.45, 2.75) is 51.6 Å². The van der Waals surface area contributed by atoms with E-state index in [4.69, 9.17) is 10.8 Å². The average molecular weight is 185 g/mol. The Labute approximate surface area is 81.8 Å². The molecule has 13 heavy (non-hydrogen) atoms. The standard InChI is InChI=1S/C11H23NO/c1-2-3-4-5-6-7-8-9-11(13)10-12/h3-4,11,13H,2,5-10,12H2,1H3/b4-3+. The maximum absolute atomic E-state index is 9.16. The first kappa shape index (κ1) is 12.7. The van der Waals surface area contributed by atoms with Gasteiger partial charge in [-0.15, -0.1) is 0 Å². The molecule has 0 saturated heterocycles. The fourth-order valence-electron chi connectivity index (χ4n) is 1.22. The molecule has 0 saturated carbocycles. The predicted octanol–water partition coefficient (Wildman–Crippen LogP) is 2.22. The first-order valence-corrected chi connectivity index (χ1v) is 5.34. The monoisotopic (exact) mass is 185 g/mol. The van der Waals surface area contributed by atoms with Gasteiger partial charge >= 0.3 is 0 Å². The molecule has 2 heteroatoms. The number of hydrogen-bond donors (Lipinski definition) is 2. The Morgan fingerprint density at radius 3 is 2.62 bits per heavy atom. The largest absolute Gasteiger partial charge is 0.392 e. The van der Waals surface area contributed by atoms with E-state index in [1.54, 1.807) is 0 Å². The summed E-state index contributed by atoms with van der Waals surface area (Å²) in [6.45, 7) is 2.55. The molecule has 0 aromatic rings. The van der Waals surface area contributed by atoms with Crippen molar-refractivity contribution in [2.75, 3.05) is 6.54 Å². The number of rotatable bonds is 8. The van der Waals surface area contributed by atoms with Gasteiger partial charge < -0.3 is 10.8 Å². The predicted molar refractivity (Wildman–Crippen MR) is 57.6 cm³/mol. The molecule has 78 valence electrons. The van der Waals surface area contributed by atoms with Crippen molar-refractivity contribution in [3.8, 4) is 0 Å². The molecule has 0 aliphatic carbocycles. The van der Waals surface area contributed by atoms with Crippen molar-refractivity contribution in [3.63, 3.8) is 0 Å². The Kier molecular flexibility index (Phi) is 9.49. The third-order valence-electron chi connectivity index (χ3n) is 2.08. The highest BCUT2D eigenvalue weighted by Gasteiger charge is 1.98. The van der Waals surface area contributed by atoms with E-state index in [1.807, 2.05) is 0 Å². The third kappa shape index (κ3) is 9.57. The number of allylic oxidation sites excluding steroid dienone is 2. The molecule has 3 N–H and O–H groups in total. The minimum Gasteiger partial charge on any atom is -0.392 e. The van der Waals surface area contributed by atoms with Crippen LogP contribution in [0.15, 0.2) is 12.2 Å². The van der Waals surface area contributed by atoms with Crippen molar-refractivity contribution in [2.24, 2.45) is 5.73 Å². The van der Waals surface area contributed by atoms with E-state index in [-0.39, 0.29) is 6.10 Å². The van der Waals surface area contributed by atoms with E-state index in [9.17, 15) is 0 Å². The number of aliphatic hydroxyl groups is 1. The fraction of sp³-hybridized carbons (Fsp3) is 0.818. The Hall–Kier alpha value is -0.340. The molecule has 1 atom stereocenters. The molecule has 0 radical (unpaired) electrons. The van der Waals surface area contributed by atoms with Crippen LogP contribution in [0.1, 0.15) is 45.4 Å². The molecule has 0 aromatic heterocycles. The van der Waals surface area contributed by atoms with Gasteiger partial charge in [-0.2, -0.15) is 0 Å². The highest BCUT2D eigenvalue weighted by Crippen LogP contribution is 2.05.